The second kappa shape index (κ2) is 20.8. The molecule has 0 aromatic rings. The summed E-state index contributed by atoms with van der Waals surface area (Å²) in [5, 5.41) is 3.14. The zero-order valence-electron chi connectivity index (χ0n) is 18.4. The Labute approximate surface area is 165 Å². The minimum absolute atomic E-state index is 0.189. The van der Waals surface area contributed by atoms with Crippen molar-refractivity contribution in [1.82, 2.24) is 5.32 Å². The van der Waals surface area contributed by atoms with Crippen molar-refractivity contribution in [3.63, 3.8) is 0 Å². The van der Waals surface area contributed by atoms with E-state index in [0.717, 1.165) is 19.4 Å². The fourth-order valence-corrected chi connectivity index (χ4v) is 3.54. The molecule has 2 heteroatoms. The normalized spacial score (nSPS) is 12.3. The Morgan fingerprint density at radius 3 is 1.46 bits per heavy atom. The molecule has 0 aromatic heterocycles. The van der Waals surface area contributed by atoms with Crippen molar-refractivity contribution < 1.29 is 4.79 Å². The van der Waals surface area contributed by atoms with Gasteiger partial charge in [-0.15, -0.1) is 0 Å². The van der Waals surface area contributed by atoms with E-state index in [2.05, 4.69) is 26.1 Å². The van der Waals surface area contributed by atoms with E-state index in [1.807, 2.05) is 0 Å². The molecule has 1 unspecified atom stereocenters. The van der Waals surface area contributed by atoms with E-state index < -0.39 is 0 Å². The molecule has 0 saturated heterocycles. The molecule has 0 saturated carbocycles. The molecule has 0 fully saturated rings. The minimum atomic E-state index is 0.189. The average Bonchev–Trinajstić information content (AvgIpc) is 2.65. The molecule has 0 aliphatic rings. The quantitative estimate of drug-likeness (QED) is 0.218. The maximum absolute atomic E-state index is 12.1. The highest BCUT2D eigenvalue weighted by Gasteiger charge is 2.11. The average molecular weight is 368 g/mol. The lowest BCUT2D eigenvalue weighted by Gasteiger charge is -2.12. The number of amides is 1. The summed E-state index contributed by atoms with van der Waals surface area (Å²) >= 11 is 0. The van der Waals surface area contributed by atoms with Crippen LogP contribution >= 0.6 is 0 Å². The van der Waals surface area contributed by atoms with Crippen molar-refractivity contribution in [2.75, 3.05) is 6.54 Å². The van der Waals surface area contributed by atoms with Gasteiger partial charge in [-0.2, -0.15) is 0 Å². The topological polar surface area (TPSA) is 29.1 Å². The summed E-state index contributed by atoms with van der Waals surface area (Å²) < 4.78 is 0. The van der Waals surface area contributed by atoms with Gasteiger partial charge in [0.05, 0.1) is 0 Å². The predicted octanol–water partition coefficient (Wildman–Crippen LogP) is 7.80. The zero-order valence-corrected chi connectivity index (χ0v) is 18.4. The van der Waals surface area contributed by atoms with Crippen molar-refractivity contribution in [2.45, 2.75) is 136 Å². The van der Waals surface area contributed by atoms with Crippen LogP contribution < -0.4 is 5.32 Å². The molecule has 0 aromatic carbocycles. The highest BCUT2D eigenvalue weighted by molar-refractivity contribution is 5.78. The molecule has 1 amide bonds. The molecular weight excluding hydrogens is 318 g/mol. The molecule has 0 radical (unpaired) electrons. The molecule has 2 nitrogen and oxygen atoms in total. The van der Waals surface area contributed by atoms with Crippen molar-refractivity contribution in [3.8, 4) is 0 Å². The van der Waals surface area contributed by atoms with Crippen LogP contribution in [0.3, 0.4) is 0 Å². The SMILES string of the molecule is CCCCCCCCCCCCNC(=O)C(C)CCCCCCCCC. The van der Waals surface area contributed by atoms with Crippen molar-refractivity contribution in [1.29, 1.82) is 0 Å². The lowest BCUT2D eigenvalue weighted by Crippen LogP contribution is -2.30. The van der Waals surface area contributed by atoms with Crippen LogP contribution in [0.25, 0.3) is 0 Å². The molecule has 0 spiro atoms. The second-order valence-electron chi connectivity index (χ2n) is 8.28. The number of unbranched alkanes of at least 4 members (excludes halogenated alkanes) is 15. The molecule has 156 valence electrons. The Balaban J connectivity index is 3.31. The number of hydrogen-bond acceptors (Lipinski definition) is 1. The van der Waals surface area contributed by atoms with Gasteiger partial charge < -0.3 is 5.32 Å². The summed E-state index contributed by atoms with van der Waals surface area (Å²) in [6, 6.07) is 0. The van der Waals surface area contributed by atoms with E-state index >= 15 is 0 Å². The van der Waals surface area contributed by atoms with Gasteiger partial charge in [-0.05, 0) is 12.8 Å². The first-order valence-electron chi connectivity index (χ1n) is 12.0. The van der Waals surface area contributed by atoms with Crippen LogP contribution in [0.2, 0.25) is 0 Å². The van der Waals surface area contributed by atoms with Gasteiger partial charge in [0.25, 0.3) is 0 Å². The van der Waals surface area contributed by atoms with Crippen LogP contribution in [0.1, 0.15) is 136 Å². The smallest absolute Gasteiger partial charge is 0.222 e. The van der Waals surface area contributed by atoms with E-state index in [0.29, 0.717) is 0 Å². The Kier molecular flexibility index (Phi) is 20.4. The first-order valence-corrected chi connectivity index (χ1v) is 12.0. The molecule has 26 heavy (non-hydrogen) atoms. The first-order chi connectivity index (χ1) is 12.7. The van der Waals surface area contributed by atoms with Crippen LogP contribution in [-0.4, -0.2) is 12.5 Å². The Morgan fingerprint density at radius 2 is 1.00 bits per heavy atom. The summed E-state index contributed by atoms with van der Waals surface area (Å²) in [4.78, 5) is 12.1. The fraction of sp³-hybridized carbons (Fsp3) is 0.958. The van der Waals surface area contributed by atoms with Crippen LogP contribution in [0, 0.1) is 5.92 Å². The highest BCUT2D eigenvalue weighted by atomic mass is 16.1. The number of rotatable bonds is 20. The number of carbonyl (C=O) groups is 1. The highest BCUT2D eigenvalue weighted by Crippen LogP contribution is 2.13. The second-order valence-corrected chi connectivity index (χ2v) is 8.28. The number of hydrogen-bond donors (Lipinski definition) is 1. The number of carbonyl (C=O) groups excluding carboxylic acids is 1. The lowest BCUT2D eigenvalue weighted by molar-refractivity contribution is -0.124. The summed E-state index contributed by atoms with van der Waals surface area (Å²) in [6.45, 7) is 7.49. The van der Waals surface area contributed by atoms with Gasteiger partial charge in [0, 0.05) is 12.5 Å². The Hall–Kier alpha value is -0.530. The van der Waals surface area contributed by atoms with Crippen molar-refractivity contribution >= 4 is 5.91 Å². The zero-order chi connectivity index (χ0) is 19.3. The molecule has 0 rings (SSSR count). The van der Waals surface area contributed by atoms with E-state index in [9.17, 15) is 4.79 Å². The van der Waals surface area contributed by atoms with Gasteiger partial charge >= 0.3 is 0 Å². The van der Waals surface area contributed by atoms with Gasteiger partial charge in [-0.3, -0.25) is 4.79 Å². The third kappa shape index (κ3) is 18.3. The fourth-order valence-electron chi connectivity index (χ4n) is 3.54. The molecule has 1 atom stereocenters. The summed E-state index contributed by atoms with van der Waals surface area (Å²) in [7, 11) is 0. The maximum atomic E-state index is 12.1. The van der Waals surface area contributed by atoms with Gasteiger partial charge in [0.15, 0.2) is 0 Å². The largest absolute Gasteiger partial charge is 0.356 e. The molecule has 0 aliphatic heterocycles. The van der Waals surface area contributed by atoms with Gasteiger partial charge in [0.1, 0.15) is 0 Å². The van der Waals surface area contributed by atoms with Crippen LogP contribution in [-0.2, 0) is 4.79 Å². The summed E-state index contributed by atoms with van der Waals surface area (Å²) in [5.41, 5.74) is 0. The first kappa shape index (κ1) is 25.5. The van der Waals surface area contributed by atoms with E-state index in [1.165, 1.54) is 103 Å². The molecule has 0 heterocycles. The van der Waals surface area contributed by atoms with Crippen molar-refractivity contribution in [2.24, 2.45) is 5.92 Å². The molecule has 0 bridgehead atoms. The standard InChI is InChI=1S/C24H49NO/c1-4-6-8-10-12-13-14-16-18-20-22-25-24(26)23(3)21-19-17-15-11-9-7-5-2/h23H,4-22H2,1-3H3,(H,25,26). The molecule has 1 N–H and O–H groups in total. The van der Waals surface area contributed by atoms with Crippen molar-refractivity contribution in [3.05, 3.63) is 0 Å². The predicted molar refractivity (Wildman–Crippen MR) is 117 cm³/mol. The Morgan fingerprint density at radius 1 is 0.615 bits per heavy atom. The van der Waals surface area contributed by atoms with Crippen LogP contribution in [0.15, 0.2) is 0 Å². The van der Waals surface area contributed by atoms with Gasteiger partial charge in [0.2, 0.25) is 5.91 Å². The maximum Gasteiger partial charge on any atom is 0.222 e. The third-order valence-electron chi connectivity index (χ3n) is 5.52. The van der Waals surface area contributed by atoms with E-state index in [1.54, 1.807) is 0 Å². The van der Waals surface area contributed by atoms with Crippen LogP contribution in [0.4, 0.5) is 0 Å². The Bertz CT molecular complexity index is 290. The van der Waals surface area contributed by atoms with E-state index in [-0.39, 0.29) is 11.8 Å². The van der Waals surface area contributed by atoms with Gasteiger partial charge in [-0.25, -0.2) is 0 Å². The lowest BCUT2D eigenvalue weighted by atomic mass is 10.0. The molecular formula is C24H49NO. The molecule has 0 aliphatic carbocycles. The monoisotopic (exact) mass is 367 g/mol. The van der Waals surface area contributed by atoms with Gasteiger partial charge in [-0.1, -0.05) is 124 Å². The minimum Gasteiger partial charge on any atom is -0.356 e. The summed E-state index contributed by atoms with van der Waals surface area (Å²) in [6.07, 6.45) is 23.8. The number of nitrogens with one attached hydrogen (secondary N) is 1. The van der Waals surface area contributed by atoms with Crippen LogP contribution in [0.5, 0.6) is 0 Å². The van der Waals surface area contributed by atoms with E-state index in [4.69, 9.17) is 0 Å². The third-order valence-corrected chi connectivity index (χ3v) is 5.52. The summed E-state index contributed by atoms with van der Waals surface area (Å²) in [5.74, 6) is 0.459.